The zero-order valence-electron chi connectivity index (χ0n) is 30.5. The quantitative estimate of drug-likeness (QED) is 0.0908. The van der Waals surface area contributed by atoms with Crippen LogP contribution < -0.4 is 4.74 Å². The Labute approximate surface area is 317 Å². The zero-order valence-corrected chi connectivity index (χ0v) is 32.8. The van der Waals surface area contributed by atoms with Gasteiger partial charge in [0.1, 0.15) is 5.82 Å². The van der Waals surface area contributed by atoms with Crippen LogP contribution in [0, 0.1) is 38.8 Å². The first-order chi connectivity index (χ1) is 24.3. The van der Waals surface area contributed by atoms with Gasteiger partial charge in [-0.05, 0) is 85.5 Å². The molecular formula is C45H46N4OPt. The third kappa shape index (κ3) is 7.75. The van der Waals surface area contributed by atoms with Crippen LogP contribution in [0.4, 0.5) is 0 Å². The minimum atomic E-state index is 0. The number of nitrogens with zero attached hydrogens (tertiary/aromatic N) is 4. The summed E-state index contributed by atoms with van der Waals surface area (Å²) in [5.74, 6) is 2.90. The molecule has 0 fully saturated rings. The molecule has 0 aliphatic rings. The normalized spacial score (nSPS) is 11.4. The van der Waals surface area contributed by atoms with Gasteiger partial charge in [0.15, 0.2) is 0 Å². The SMILES string of the molecule is CCCc1cc(Oc2[c-]c3c(cc2)c2cc(CCCCC(C)C)ccc2n3-c2cc(C)ccn2)[c-]c(-n2nc(C)c(-c3ccccc3)c2C)c1.[Pt+2]. The molecule has 5 nitrogen and oxygen atoms in total. The van der Waals surface area contributed by atoms with Gasteiger partial charge in [-0.15, -0.1) is 35.7 Å². The molecule has 6 heteroatoms. The van der Waals surface area contributed by atoms with Crippen LogP contribution in [0.3, 0.4) is 0 Å². The molecule has 0 radical (unpaired) electrons. The van der Waals surface area contributed by atoms with Gasteiger partial charge >= 0.3 is 21.1 Å². The van der Waals surface area contributed by atoms with E-state index in [1.807, 2.05) is 29.1 Å². The first-order valence-electron chi connectivity index (χ1n) is 18.1. The van der Waals surface area contributed by atoms with Crippen LogP contribution in [0.1, 0.15) is 74.5 Å². The Kier molecular flexibility index (Phi) is 11.3. The third-order valence-corrected chi connectivity index (χ3v) is 9.57. The van der Waals surface area contributed by atoms with Crippen molar-refractivity contribution in [3.8, 4) is 34.1 Å². The number of ether oxygens (including phenoxy) is 1. The Hall–Kier alpha value is -4.47. The van der Waals surface area contributed by atoms with Crippen molar-refractivity contribution in [2.45, 2.75) is 80.1 Å². The fourth-order valence-corrected chi connectivity index (χ4v) is 7.15. The van der Waals surface area contributed by atoms with Gasteiger partial charge in [-0.25, -0.2) is 4.98 Å². The number of fused-ring (bicyclic) bond motifs is 3. The molecule has 3 heterocycles. The maximum atomic E-state index is 6.63. The van der Waals surface area contributed by atoms with Gasteiger partial charge in [0, 0.05) is 34.5 Å². The average Bonchev–Trinajstić information content (AvgIpc) is 3.59. The molecule has 7 rings (SSSR count). The molecule has 0 aliphatic heterocycles. The molecule has 0 saturated carbocycles. The number of rotatable bonds is 12. The van der Waals surface area contributed by atoms with Crippen LogP contribution in [0.5, 0.6) is 11.5 Å². The zero-order chi connectivity index (χ0) is 34.8. The molecule has 0 atom stereocenters. The van der Waals surface area contributed by atoms with Crippen molar-refractivity contribution in [1.29, 1.82) is 0 Å². The van der Waals surface area contributed by atoms with Crippen molar-refractivity contribution in [2.24, 2.45) is 5.92 Å². The molecule has 3 aromatic heterocycles. The molecule has 51 heavy (non-hydrogen) atoms. The second kappa shape index (κ2) is 15.8. The maximum absolute atomic E-state index is 6.63. The molecule has 4 aromatic carbocycles. The summed E-state index contributed by atoms with van der Waals surface area (Å²) in [4.78, 5) is 4.80. The summed E-state index contributed by atoms with van der Waals surface area (Å²) in [6.07, 6.45) is 8.64. The second-order valence-corrected chi connectivity index (χ2v) is 14.0. The summed E-state index contributed by atoms with van der Waals surface area (Å²) in [6.45, 7) is 13.1. The van der Waals surface area contributed by atoms with Gasteiger partial charge in [0.05, 0.1) is 5.69 Å². The number of aryl methyl sites for hydroxylation is 4. The molecule has 7 aromatic rings. The predicted octanol–water partition coefficient (Wildman–Crippen LogP) is 11.7. The molecule has 0 bridgehead atoms. The van der Waals surface area contributed by atoms with Gasteiger partial charge in [-0.2, -0.15) is 16.7 Å². The van der Waals surface area contributed by atoms with E-state index in [4.69, 9.17) is 14.8 Å². The summed E-state index contributed by atoms with van der Waals surface area (Å²) >= 11 is 0. The molecule has 0 unspecified atom stereocenters. The van der Waals surface area contributed by atoms with Crippen molar-refractivity contribution >= 4 is 21.8 Å². The van der Waals surface area contributed by atoms with Crippen LogP contribution >= 0.6 is 0 Å². The van der Waals surface area contributed by atoms with E-state index in [0.717, 1.165) is 81.2 Å². The van der Waals surface area contributed by atoms with Crippen LogP contribution in [-0.4, -0.2) is 19.3 Å². The van der Waals surface area contributed by atoms with E-state index < -0.39 is 0 Å². The van der Waals surface area contributed by atoms with E-state index in [1.54, 1.807) is 0 Å². The van der Waals surface area contributed by atoms with E-state index in [1.165, 1.54) is 35.8 Å². The van der Waals surface area contributed by atoms with E-state index >= 15 is 0 Å². The fraction of sp³-hybridized carbons (Fsp3) is 0.289. The number of hydrogen-bond donors (Lipinski definition) is 0. The smallest absolute Gasteiger partial charge is 0.509 e. The van der Waals surface area contributed by atoms with Crippen LogP contribution in [0.2, 0.25) is 0 Å². The summed E-state index contributed by atoms with van der Waals surface area (Å²) in [5, 5.41) is 7.33. The second-order valence-electron chi connectivity index (χ2n) is 14.0. The minimum Gasteiger partial charge on any atom is -0.509 e. The molecular weight excluding hydrogens is 808 g/mol. The monoisotopic (exact) mass is 853 g/mol. The van der Waals surface area contributed by atoms with Crippen molar-refractivity contribution in [3.63, 3.8) is 0 Å². The van der Waals surface area contributed by atoms with Crippen molar-refractivity contribution in [1.82, 2.24) is 19.3 Å². The standard InChI is InChI=1S/C45H46N4O.Pt/c1-7-13-35-25-37(49-33(6)45(32(5)47-49)36-16-9-8-10-17-36)28-39(26-35)50-38-19-20-40-41-27-34(15-12-11-14-30(2)3)18-21-42(41)48(43(40)29-38)44-24-31(4)22-23-46-44;/h8-10,16-27,30H,7,11-15H2,1-6H3;/q-2;+2. The fourth-order valence-electron chi connectivity index (χ4n) is 7.15. The first kappa shape index (κ1) is 36.3. The van der Waals surface area contributed by atoms with Crippen molar-refractivity contribution in [2.75, 3.05) is 0 Å². The van der Waals surface area contributed by atoms with Gasteiger partial charge in [-0.3, -0.25) is 4.68 Å². The van der Waals surface area contributed by atoms with E-state index in [9.17, 15) is 0 Å². The molecule has 0 saturated heterocycles. The number of benzene rings is 4. The topological polar surface area (TPSA) is 44.9 Å². The Morgan fingerprint density at radius 3 is 2.37 bits per heavy atom. The Bertz CT molecular complexity index is 2280. The van der Waals surface area contributed by atoms with E-state index in [2.05, 4.69) is 125 Å². The van der Waals surface area contributed by atoms with Crippen LogP contribution in [-0.2, 0) is 33.9 Å². The van der Waals surface area contributed by atoms with Crippen LogP contribution in [0.15, 0.2) is 91.1 Å². The number of pyridine rings is 1. The number of unbranched alkanes of at least 4 members (excludes halogenated alkanes) is 1. The summed E-state index contributed by atoms with van der Waals surface area (Å²) in [7, 11) is 0. The first-order valence-corrected chi connectivity index (χ1v) is 18.1. The minimum absolute atomic E-state index is 0. The van der Waals surface area contributed by atoms with E-state index in [0.29, 0.717) is 11.5 Å². The molecule has 0 N–H and O–H groups in total. The molecule has 0 amide bonds. The molecule has 0 aliphatic carbocycles. The average molecular weight is 854 g/mol. The van der Waals surface area contributed by atoms with Crippen LogP contribution in [0.25, 0.3) is 44.4 Å². The van der Waals surface area contributed by atoms with Gasteiger partial charge in [-0.1, -0.05) is 94.4 Å². The largest absolute Gasteiger partial charge is 2.00 e. The van der Waals surface area contributed by atoms with Gasteiger partial charge < -0.3 is 9.30 Å². The third-order valence-electron chi connectivity index (χ3n) is 9.57. The van der Waals surface area contributed by atoms with Crippen molar-refractivity contribution in [3.05, 3.63) is 131 Å². The number of hydrogen-bond acceptors (Lipinski definition) is 3. The van der Waals surface area contributed by atoms with Crippen molar-refractivity contribution < 1.29 is 25.8 Å². The number of aromatic nitrogens is 4. The van der Waals surface area contributed by atoms with Gasteiger partial charge in [0.25, 0.3) is 0 Å². The predicted molar refractivity (Wildman–Crippen MR) is 206 cm³/mol. The Morgan fingerprint density at radius 1 is 0.784 bits per heavy atom. The molecule has 0 spiro atoms. The van der Waals surface area contributed by atoms with Gasteiger partial charge in [0.2, 0.25) is 0 Å². The van der Waals surface area contributed by atoms with E-state index in [-0.39, 0.29) is 21.1 Å². The maximum Gasteiger partial charge on any atom is 2.00 e. The summed E-state index contributed by atoms with van der Waals surface area (Å²) < 4.78 is 10.8. The molecule has 262 valence electrons. The summed E-state index contributed by atoms with van der Waals surface area (Å²) in [5.41, 5.74) is 11.0. The Morgan fingerprint density at radius 2 is 1.61 bits per heavy atom. The summed E-state index contributed by atoms with van der Waals surface area (Å²) in [6, 6.07) is 37.2. The Balaban J connectivity index is 0.00000448.